The molecule has 0 amide bonds. The monoisotopic (exact) mass is 440 g/mol. The Morgan fingerprint density at radius 2 is 1.45 bits per heavy atom. The summed E-state index contributed by atoms with van der Waals surface area (Å²) in [5.74, 6) is 0. The molecule has 2 aromatic heterocycles. The second kappa shape index (κ2) is 7.03. The zero-order chi connectivity index (χ0) is 21.9. The van der Waals surface area contributed by atoms with Crippen molar-refractivity contribution < 1.29 is 0 Å². The van der Waals surface area contributed by atoms with Gasteiger partial charge >= 0.3 is 0 Å². The zero-order valence-electron chi connectivity index (χ0n) is 18.1. The molecule has 0 spiro atoms. The predicted octanol–water partition coefficient (Wildman–Crippen LogP) is 8.82. The Morgan fingerprint density at radius 1 is 0.636 bits per heavy atom. The molecule has 0 saturated carbocycles. The molecule has 0 fully saturated rings. The highest BCUT2D eigenvalue weighted by molar-refractivity contribution is 7.25. The molecule has 1 aliphatic heterocycles. The maximum atomic E-state index is 4.57. The minimum atomic E-state index is 0.989. The standard InChI is InChI=1S/C30H20N2S/c1-18-20-8-6-9-21(18)24-16-25-22-7-2-3-11-29(22)33-30(25)17-28(24)32-27-13-12-19(15-23(20)27)26-10-4-5-14-31-26/h2-17,32H,1H3. The zero-order valence-corrected chi connectivity index (χ0v) is 18.9. The number of hydrogen-bond acceptors (Lipinski definition) is 3. The van der Waals surface area contributed by atoms with Gasteiger partial charge in [0, 0.05) is 54.4 Å². The molecule has 1 aliphatic rings. The summed E-state index contributed by atoms with van der Waals surface area (Å²) in [6, 6.07) is 32.7. The first-order chi connectivity index (χ1) is 16.3. The van der Waals surface area contributed by atoms with E-state index in [1.54, 1.807) is 0 Å². The van der Waals surface area contributed by atoms with Gasteiger partial charge in [-0.3, -0.25) is 4.98 Å². The summed E-state index contributed by atoms with van der Waals surface area (Å²) in [6.07, 6.45) is 1.85. The number of nitrogens with zero attached hydrogens (tertiary/aromatic N) is 1. The Hall–Kier alpha value is -3.95. The highest BCUT2D eigenvalue weighted by Crippen LogP contribution is 2.46. The third kappa shape index (κ3) is 2.83. The second-order valence-corrected chi connectivity index (χ2v) is 9.65. The fourth-order valence-electron chi connectivity index (χ4n) is 5.03. The van der Waals surface area contributed by atoms with E-state index >= 15 is 0 Å². The number of pyridine rings is 1. The van der Waals surface area contributed by atoms with Crippen LogP contribution in [0.3, 0.4) is 0 Å². The van der Waals surface area contributed by atoms with Crippen molar-refractivity contribution in [1.82, 2.24) is 4.98 Å². The van der Waals surface area contributed by atoms with E-state index in [1.165, 1.54) is 48.0 Å². The van der Waals surface area contributed by atoms with Gasteiger partial charge in [0.05, 0.1) is 5.69 Å². The van der Waals surface area contributed by atoms with Crippen molar-refractivity contribution in [2.24, 2.45) is 0 Å². The van der Waals surface area contributed by atoms with Gasteiger partial charge < -0.3 is 5.32 Å². The summed E-state index contributed by atoms with van der Waals surface area (Å²) in [6.45, 7) is 2.24. The van der Waals surface area contributed by atoms with Crippen LogP contribution in [-0.2, 0) is 0 Å². The van der Waals surface area contributed by atoms with Crippen LogP contribution in [-0.4, -0.2) is 4.98 Å². The van der Waals surface area contributed by atoms with Crippen LogP contribution in [0, 0.1) is 6.92 Å². The van der Waals surface area contributed by atoms with Gasteiger partial charge in [-0.1, -0.05) is 48.5 Å². The Labute approximate surface area is 196 Å². The summed E-state index contributed by atoms with van der Waals surface area (Å²) < 4.78 is 2.64. The third-order valence-electron chi connectivity index (χ3n) is 6.68. The first-order valence-corrected chi connectivity index (χ1v) is 12.0. The molecule has 7 rings (SSSR count). The van der Waals surface area contributed by atoms with Gasteiger partial charge in [0.1, 0.15) is 0 Å². The van der Waals surface area contributed by atoms with Gasteiger partial charge in [-0.25, -0.2) is 0 Å². The third-order valence-corrected chi connectivity index (χ3v) is 7.81. The van der Waals surface area contributed by atoms with E-state index in [4.69, 9.17) is 0 Å². The van der Waals surface area contributed by atoms with Crippen molar-refractivity contribution in [1.29, 1.82) is 0 Å². The molecule has 6 aromatic rings. The van der Waals surface area contributed by atoms with Gasteiger partial charge in [0.15, 0.2) is 0 Å². The van der Waals surface area contributed by atoms with Crippen molar-refractivity contribution in [2.45, 2.75) is 6.92 Å². The molecule has 3 heteroatoms. The van der Waals surface area contributed by atoms with Crippen LogP contribution in [0.4, 0.5) is 11.4 Å². The van der Waals surface area contributed by atoms with E-state index < -0.39 is 0 Å². The van der Waals surface area contributed by atoms with E-state index in [2.05, 4.69) is 96.1 Å². The minimum Gasteiger partial charge on any atom is -0.354 e. The van der Waals surface area contributed by atoms with Crippen LogP contribution in [0.25, 0.3) is 53.7 Å². The SMILES string of the molecule is Cc1c2cccc1-c1cc3c(cc1Nc1ccc(-c4ccccn4)cc1-2)sc1ccccc13. The number of anilines is 2. The lowest BCUT2D eigenvalue weighted by Crippen LogP contribution is -2.02. The predicted molar refractivity (Wildman–Crippen MR) is 141 cm³/mol. The van der Waals surface area contributed by atoms with Gasteiger partial charge in [-0.05, 0) is 66.1 Å². The largest absolute Gasteiger partial charge is 0.354 e. The molecule has 0 atom stereocenters. The lowest BCUT2D eigenvalue weighted by Gasteiger charge is -2.23. The molecule has 0 aliphatic carbocycles. The molecule has 2 bridgehead atoms. The number of rotatable bonds is 1. The molecule has 0 radical (unpaired) electrons. The number of fused-ring (bicyclic) bond motifs is 9. The molecule has 0 saturated heterocycles. The first kappa shape index (κ1) is 18.6. The van der Waals surface area contributed by atoms with E-state index in [9.17, 15) is 0 Å². The quantitative estimate of drug-likeness (QED) is 0.276. The normalized spacial score (nSPS) is 12.0. The van der Waals surface area contributed by atoms with E-state index in [1.807, 2.05) is 29.7 Å². The molecule has 0 unspecified atom stereocenters. The van der Waals surface area contributed by atoms with Crippen LogP contribution >= 0.6 is 11.3 Å². The molecule has 4 aromatic carbocycles. The van der Waals surface area contributed by atoms with Crippen LogP contribution in [0.5, 0.6) is 0 Å². The molecule has 33 heavy (non-hydrogen) atoms. The Bertz CT molecular complexity index is 1700. The van der Waals surface area contributed by atoms with Crippen molar-refractivity contribution in [3.05, 3.63) is 103 Å². The van der Waals surface area contributed by atoms with Crippen LogP contribution < -0.4 is 5.32 Å². The van der Waals surface area contributed by atoms with Gasteiger partial charge in [0.2, 0.25) is 0 Å². The van der Waals surface area contributed by atoms with Gasteiger partial charge in [-0.15, -0.1) is 11.3 Å². The van der Waals surface area contributed by atoms with E-state index in [0.717, 1.165) is 22.6 Å². The highest BCUT2D eigenvalue weighted by atomic mass is 32.1. The van der Waals surface area contributed by atoms with Crippen LogP contribution in [0.2, 0.25) is 0 Å². The van der Waals surface area contributed by atoms with E-state index in [-0.39, 0.29) is 0 Å². The Balaban J connectivity index is 1.51. The average Bonchev–Trinajstić information content (AvgIpc) is 3.22. The Morgan fingerprint density at radius 3 is 2.30 bits per heavy atom. The lowest BCUT2D eigenvalue weighted by molar-refractivity contribution is 1.32. The topological polar surface area (TPSA) is 24.9 Å². The number of nitrogens with one attached hydrogen (secondary N) is 1. The molecular weight excluding hydrogens is 420 g/mol. The number of benzene rings is 4. The maximum absolute atomic E-state index is 4.57. The van der Waals surface area contributed by atoms with Crippen LogP contribution in [0.1, 0.15) is 5.56 Å². The van der Waals surface area contributed by atoms with Gasteiger partial charge in [-0.2, -0.15) is 0 Å². The second-order valence-electron chi connectivity index (χ2n) is 8.57. The van der Waals surface area contributed by atoms with Crippen LogP contribution in [0.15, 0.2) is 97.2 Å². The summed E-state index contributed by atoms with van der Waals surface area (Å²) in [4.78, 5) is 4.57. The smallest absolute Gasteiger partial charge is 0.0702 e. The number of hydrogen-bond donors (Lipinski definition) is 1. The van der Waals surface area contributed by atoms with Crippen molar-refractivity contribution in [3.63, 3.8) is 0 Å². The van der Waals surface area contributed by atoms with Crippen molar-refractivity contribution in [2.75, 3.05) is 5.32 Å². The fourth-order valence-corrected chi connectivity index (χ4v) is 6.16. The van der Waals surface area contributed by atoms with Crippen molar-refractivity contribution in [3.8, 4) is 33.5 Å². The van der Waals surface area contributed by atoms with E-state index in [0.29, 0.717) is 0 Å². The first-order valence-electron chi connectivity index (χ1n) is 11.1. The molecule has 2 nitrogen and oxygen atoms in total. The molecular formula is C30H20N2S. The minimum absolute atomic E-state index is 0.989. The lowest BCUT2D eigenvalue weighted by atomic mass is 9.88. The fraction of sp³-hybridized carbons (Fsp3) is 0.0333. The summed E-state index contributed by atoms with van der Waals surface area (Å²) in [5, 5.41) is 6.44. The molecule has 1 N–H and O–H groups in total. The highest BCUT2D eigenvalue weighted by Gasteiger charge is 2.20. The van der Waals surface area contributed by atoms with Gasteiger partial charge in [0.25, 0.3) is 0 Å². The maximum Gasteiger partial charge on any atom is 0.0702 e. The summed E-state index contributed by atoms with van der Waals surface area (Å²) in [5.41, 5.74) is 10.7. The Kier molecular flexibility index (Phi) is 3.96. The number of aromatic nitrogens is 1. The molecule has 156 valence electrons. The molecule has 3 heterocycles. The summed E-state index contributed by atoms with van der Waals surface area (Å²) in [7, 11) is 0. The average molecular weight is 441 g/mol. The number of thiophene rings is 1. The van der Waals surface area contributed by atoms with Crippen molar-refractivity contribution >= 4 is 42.9 Å². The summed E-state index contributed by atoms with van der Waals surface area (Å²) >= 11 is 1.86.